The van der Waals surface area contributed by atoms with Crippen LogP contribution in [0.2, 0.25) is 0 Å². The predicted molar refractivity (Wildman–Crippen MR) is 38.5 cm³/mol. The van der Waals surface area contributed by atoms with Crippen molar-refractivity contribution in [3.05, 3.63) is 11.8 Å². The van der Waals surface area contributed by atoms with Gasteiger partial charge >= 0.3 is 0 Å². The van der Waals surface area contributed by atoms with Crippen molar-refractivity contribution >= 4 is 5.78 Å². The van der Waals surface area contributed by atoms with Gasteiger partial charge in [-0.05, 0) is 13.3 Å². The number of hydrogen-bond donors (Lipinski definition) is 0. The Bertz CT molecular complexity index is 170. The summed E-state index contributed by atoms with van der Waals surface area (Å²) < 4.78 is 5.35. The fourth-order valence-electron chi connectivity index (χ4n) is 1.08. The summed E-state index contributed by atoms with van der Waals surface area (Å²) in [6, 6.07) is 0. The highest BCUT2D eigenvalue weighted by atomic mass is 16.5. The van der Waals surface area contributed by atoms with Crippen LogP contribution in [-0.4, -0.2) is 11.9 Å². The molecule has 0 fully saturated rings. The van der Waals surface area contributed by atoms with Gasteiger partial charge in [0.2, 0.25) is 0 Å². The molecule has 0 spiro atoms. The molecule has 0 aliphatic carbocycles. The van der Waals surface area contributed by atoms with Gasteiger partial charge in [-0.1, -0.05) is 6.92 Å². The van der Waals surface area contributed by atoms with Crippen LogP contribution < -0.4 is 0 Å². The Balaban J connectivity index is 2.60. The molecule has 1 aliphatic rings. The van der Waals surface area contributed by atoms with E-state index in [0.29, 0.717) is 6.42 Å². The lowest BCUT2D eigenvalue weighted by Gasteiger charge is -2.20. The Morgan fingerprint density at radius 2 is 2.50 bits per heavy atom. The highest BCUT2D eigenvalue weighted by molar-refractivity contribution is 5.90. The number of carbonyl (C=O) groups is 1. The Labute approximate surface area is 60.9 Å². The van der Waals surface area contributed by atoms with Crippen molar-refractivity contribution in [3.63, 3.8) is 0 Å². The maximum absolute atomic E-state index is 10.9. The predicted octanol–water partition coefficient (Wildman–Crippen LogP) is 1.66. The summed E-state index contributed by atoms with van der Waals surface area (Å²) in [4.78, 5) is 10.9. The molecule has 0 aromatic heterocycles. The van der Waals surface area contributed by atoms with Crippen LogP contribution in [0.25, 0.3) is 0 Å². The topological polar surface area (TPSA) is 26.3 Å². The van der Waals surface area contributed by atoms with E-state index in [9.17, 15) is 4.79 Å². The minimum atomic E-state index is 0.123. The molecule has 0 unspecified atom stereocenters. The van der Waals surface area contributed by atoms with Gasteiger partial charge in [-0.25, -0.2) is 0 Å². The lowest BCUT2D eigenvalue weighted by Crippen LogP contribution is -2.19. The van der Waals surface area contributed by atoms with Crippen molar-refractivity contribution in [2.24, 2.45) is 0 Å². The van der Waals surface area contributed by atoms with E-state index < -0.39 is 0 Å². The van der Waals surface area contributed by atoms with E-state index in [0.717, 1.165) is 12.2 Å². The first-order valence-electron chi connectivity index (χ1n) is 3.60. The standard InChI is InChI=1S/C8H12O2/c1-3-8-5-7(9)4-6(2)10-8/h4,8H,3,5H2,1-2H3/t8-/m1/s1. The molecule has 10 heavy (non-hydrogen) atoms. The van der Waals surface area contributed by atoms with E-state index in [1.165, 1.54) is 0 Å². The van der Waals surface area contributed by atoms with E-state index in [-0.39, 0.29) is 11.9 Å². The lowest BCUT2D eigenvalue weighted by atomic mass is 10.1. The number of carbonyl (C=O) groups excluding carboxylic acids is 1. The molecule has 1 atom stereocenters. The minimum Gasteiger partial charge on any atom is -0.494 e. The summed E-state index contributed by atoms with van der Waals surface area (Å²) in [6.07, 6.45) is 3.15. The molecule has 1 heterocycles. The van der Waals surface area contributed by atoms with Crippen molar-refractivity contribution in [3.8, 4) is 0 Å². The maximum atomic E-state index is 10.9. The average Bonchev–Trinajstić information content (AvgIpc) is 1.85. The summed E-state index contributed by atoms with van der Waals surface area (Å²) >= 11 is 0. The zero-order valence-electron chi connectivity index (χ0n) is 6.39. The van der Waals surface area contributed by atoms with Gasteiger partial charge in [-0.3, -0.25) is 4.79 Å². The van der Waals surface area contributed by atoms with Crippen LogP contribution in [0.15, 0.2) is 11.8 Å². The van der Waals surface area contributed by atoms with E-state index >= 15 is 0 Å². The van der Waals surface area contributed by atoms with Crippen molar-refractivity contribution in [2.75, 3.05) is 0 Å². The van der Waals surface area contributed by atoms with Gasteiger partial charge in [0.1, 0.15) is 6.10 Å². The van der Waals surface area contributed by atoms with E-state index in [2.05, 4.69) is 0 Å². The molecule has 0 aromatic rings. The fourth-order valence-corrected chi connectivity index (χ4v) is 1.08. The minimum absolute atomic E-state index is 0.123. The van der Waals surface area contributed by atoms with Crippen LogP contribution in [0.4, 0.5) is 0 Å². The van der Waals surface area contributed by atoms with Crippen molar-refractivity contribution in [2.45, 2.75) is 32.8 Å². The highest BCUT2D eigenvalue weighted by Gasteiger charge is 2.17. The van der Waals surface area contributed by atoms with Crippen LogP contribution in [0.3, 0.4) is 0 Å². The Morgan fingerprint density at radius 3 is 3.00 bits per heavy atom. The highest BCUT2D eigenvalue weighted by Crippen LogP contribution is 2.15. The Kier molecular flexibility index (Phi) is 2.10. The van der Waals surface area contributed by atoms with Gasteiger partial charge in [0.05, 0.1) is 5.76 Å². The zero-order valence-corrected chi connectivity index (χ0v) is 6.39. The first-order chi connectivity index (χ1) is 4.72. The second-order valence-corrected chi connectivity index (χ2v) is 2.57. The van der Waals surface area contributed by atoms with Gasteiger partial charge in [0.15, 0.2) is 5.78 Å². The molecule has 0 saturated carbocycles. The van der Waals surface area contributed by atoms with Crippen LogP contribution in [0, 0.1) is 0 Å². The first kappa shape index (κ1) is 7.32. The fraction of sp³-hybridized carbons (Fsp3) is 0.625. The molecule has 2 nitrogen and oxygen atoms in total. The smallest absolute Gasteiger partial charge is 0.162 e. The normalized spacial score (nSPS) is 25.6. The maximum Gasteiger partial charge on any atom is 0.162 e. The van der Waals surface area contributed by atoms with E-state index in [1.807, 2.05) is 13.8 Å². The number of ether oxygens (including phenoxy) is 1. The van der Waals surface area contributed by atoms with Crippen LogP contribution in [0.5, 0.6) is 0 Å². The van der Waals surface area contributed by atoms with Gasteiger partial charge in [-0.15, -0.1) is 0 Å². The molecular formula is C8H12O2. The summed E-state index contributed by atoms with van der Waals surface area (Å²) in [5.41, 5.74) is 0. The molecule has 0 N–H and O–H groups in total. The SMILES string of the molecule is CC[C@@H]1CC(=O)C=C(C)O1. The van der Waals surface area contributed by atoms with Gasteiger partial charge in [0, 0.05) is 12.5 Å². The second-order valence-electron chi connectivity index (χ2n) is 2.57. The molecule has 1 aliphatic heterocycles. The van der Waals surface area contributed by atoms with Crippen LogP contribution in [0.1, 0.15) is 26.7 Å². The molecule has 56 valence electrons. The van der Waals surface area contributed by atoms with Crippen LogP contribution in [-0.2, 0) is 9.53 Å². The first-order valence-corrected chi connectivity index (χ1v) is 3.60. The number of rotatable bonds is 1. The Morgan fingerprint density at radius 1 is 1.80 bits per heavy atom. The summed E-state index contributed by atoms with van der Waals surface area (Å²) in [7, 11) is 0. The van der Waals surface area contributed by atoms with Gasteiger partial charge < -0.3 is 4.74 Å². The molecule has 0 amide bonds. The van der Waals surface area contributed by atoms with E-state index in [1.54, 1.807) is 6.08 Å². The van der Waals surface area contributed by atoms with Gasteiger partial charge in [0.25, 0.3) is 0 Å². The number of allylic oxidation sites excluding steroid dienone is 2. The third-order valence-corrected chi connectivity index (χ3v) is 1.60. The summed E-state index contributed by atoms with van der Waals surface area (Å²) in [5, 5.41) is 0. The average molecular weight is 140 g/mol. The largest absolute Gasteiger partial charge is 0.494 e. The monoisotopic (exact) mass is 140 g/mol. The third kappa shape index (κ3) is 1.59. The summed E-state index contributed by atoms with van der Waals surface area (Å²) in [6.45, 7) is 3.84. The third-order valence-electron chi connectivity index (χ3n) is 1.60. The molecule has 0 aromatic carbocycles. The van der Waals surface area contributed by atoms with Crippen molar-refractivity contribution in [1.82, 2.24) is 0 Å². The van der Waals surface area contributed by atoms with Crippen LogP contribution >= 0.6 is 0 Å². The molecule has 0 saturated heterocycles. The van der Waals surface area contributed by atoms with Gasteiger partial charge in [-0.2, -0.15) is 0 Å². The quantitative estimate of drug-likeness (QED) is 0.553. The zero-order chi connectivity index (χ0) is 7.56. The molecular weight excluding hydrogens is 128 g/mol. The molecule has 0 radical (unpaired) electrons. The number of hydrogen-bond acceptors (Lipinski definition) is 2. The van der Waals surface area contributed by atoms with Crippen molar-refractivity contribution in [1.29, 1.82) is 0 Å². The lowest BCUT2D eigenvalue weighted by molar-refractivity contribution is -0.118. The second kappa shape index (κ2) is 2.86. The Hall–Kier alpha value is -0.790. The molecule has 0 bridgehead atoms. The molecule has 1 rings (SSSR count). The van der Waals surface area contributed by atoms with Crippen molar-refractivity contribution < 1.29 is 9.53 Å². The van der Waals surface area contributed by atoms with E-state index in [4.69, 9.17) is 4.74 Å². The molecule has 2 heteroatoms. The number of ketones is 1. The summed E-state index contributed by atoms with van der Waals surface area (Å²) in [5.74, 6) is 0.943.